The summed E-state index contributed by atoms with van der Waals surface area (Å²) < 4.78 is 11.1. The van der Waals surface area contributed by atoms with E-state index in [4.69, 9.17) is 15.2 Å². The number of nitrogens with one attached hydrogen (secondary N) is 1. The highest BCUT2D eigenvalue weighted by atomic mass is 32.1. The topological polar surface area (TPSA) is 89.6 Å². The third-order valence-corrected chi connectivity index (χ3v) is 5.71. The number of rotatable bonds is 10. The van der Waals surface area contributed by atoms with Crippen molar-refractivity contribution in [1.29, 1.82) is 0 Å². The van der Waals surface area contributed by atoms with Crippen molar-refractivity contribution in [3.05, 3.63) is 58.6 Å². The van der Waals surface area contributed by atoms with Gasteiger partial charge in [0.05, 0.1) is 24.1 Å². The summed E-state index contributed by atoms with van der Waals surface area (Å²) in [5.41, 5.74) is 12.0. The maximum atomic E-state index is 9.34. The molecule has 4 N–H and O–H groups in total. The zero-order chi connectivity index (χ0) is 21.5. The molecule has 1 atom stereocenters. The third-order valence-electron chi connectivity index (χ3n) is 4.90. The zero-order valence-corrected chi connectivity index (χ0v) is 18.5. The number of aryl methyl sites for hydroxylation is 2. The molecule has 0 radical (unpaired) electrons. The van der Waals surface area contributed by atoms with Crippen LogP contribution in [0.15, 0.2) is 41.8 Å². The fourth-order valence-corrected chi connectivity index (χ4v) is 4.00. The lowest BCUT2D eigenvalue weighted by molar-refractivity contribution is 0.0489. The van der Waals surface area contributed by atoms with E-state index in [1.165, 1.54) is 22.5 Å². The van der Waals surface area contributed by atoms with Gasteiger partial charge in [-0.05, 0) is 48.2 Å². The number of aliphatic hydroxyl groups is 1. The van der Waals surface area contributed by atoms with Crippen molar-refractivity contribution >= 4 is 22.2 Å². The summed E-state index contributed by atoms with van der Waals surface area (Å²) in [4.78, 5) is 4.64. The van der Waals surface area contributed by atoms with Gasteiger partial charge in [0.1, 0.15) is 12.4 Å². The lowest BCUT2D eigenvalue weighted by Gasteiger charge is -2.17. The highest BCUT2D eigenvalue weighted by molar-refractivity contribution is 7.13. The second-order valence-electron chi connectivity index (χ2n) is 7.13. The minimum absolute atomic E-state index is 0.0361. The van der Waals surface area contributed by atoms with Crippen molar-refractivity contribution in [2.45, 2.75) is 26.4 Å². The number of nitrogens with two attached hydrogens (primary N) is 1. The van der Waals surface area contributed by atoms with Crippen LogP contribution in [0, 0.1) is 13.8 Å². The molecule has 2 aromatic carbocycles. The van der Waals surface area contributed by atoms with Crippen LogP contribution in [-0.2, 0) is 11.2 Å². The number of benzene rings is 2. The van der Waals surface area contributed by atoms with Crippen LogP contribution in [0.25, 0.3) is 11.1 Å². The normalized spacial score (nSPS) is 12.0. The quantitative estimate of drug-likeness (QED) is 0.452. The average molecular weight is 428 g/mol. The van der Waals surface area contributed by atoms with E-state index in [9.17, 15) is 5.11 Å². The van der Waals surface area contributed by atoms with Crippen molar-refractivity contribution in [3.8, 4) is 16.9 Å². The minimum Gasteiger partial charge on any atom is -0.490 e. The van der Waals surface area contributed by atoms with Crippen molar-refractivity contribution in [3.63, 3.8) is 0 Å². The van der Waals surface area contributed by atoms with Crippen LogP contribution in [0.2, 0.25) is 0 Å². The molecule has 0 aliphatic heterocycles. The van der Waals surface area contributed by atoms with E-state index in [0.29, 0.717) is 19.6 Å². The standard InChI is InChI=1S/C23H29N3O3S/c1-15-6-4-5-7-19(15)20-12-21(22(10-16(20)2)29-9-8-24)26-23-25-17(14-30-23)11-18(13-27)28-3/h4-7,10,12,14,18,27H,8-9,11,13,24H2,1-3H3,(H,25,26). The van der Waals surface area contributed by atoms with E-state index in [2.05, 4.69) is 42.3 Å². The Bertz CT molecular complexity index is 970. The molecule has 0 aliphatic rings. The maximum absolute atomic E-state index is 9.34. The van der Waals surface area contributed by atoms with Crippen molar-refractivity contribution < 1.29 is 14.6 Å². The number of nitrogens with zero attached hydrogens (tertiary/aromatic N) is 1. The molecule has 1 unspecified atom stereocenters. The summed E-state index contributed by atoms with van der Waals surface area (Å²) in [6.07, 6.45) is 0.305. The molecule has 0 saturated heterocycles. The number of methoxy groups -OCH3 is 1. The highest BCUT2D eigenvalue weighted by Crippen LogP contribution is 2.37. The Balaban J connectivity index is 1.93. The van der Waals surface area contributed by atoms with E-state index in [-0.39, 0.29) is 12.7 Å². The van der Waals surface area contributed by atoms with Crippen LogP contribution in [0.4, 0.5) is 10.8 Å². The predicted molar refractivity (Wildman–Crippen MR) is 123 cm³/mol. The lowest BCUT2D eigenvalue weighted by Crippen LogP contribution is -2.18. The molecule has 3 rings (SSSR count). The fourth-order valence-electron chi connectivity index (χ4n) is 3.26. The van der Waals surface area contributed by atoms with E-state index in [1.807, 2.05) is 23.6 Å². The molecule has 160 valence electrons. The fraction of sp³-hybridized carbons (Fsp3) is 0.348. The number of aliphatic hydroxyl groups excluding tert-OH is 1. The molecule has 0 aliphatic carbocycles. The van der Waals surface area contributed by atoms with Gasteiger partial charge in [-0.3, -0.25) is 0 Å². The van der Waals surface area contributed by atoms with Crippen molar-refractivity contribution in [1.82, 2.24) is 4.98 Å². The zero-order valence-electron chi connectivity index (χ0n) is 17.6. The Hall–Kier alpha value is -2.45. The Labute approximate surface area is 181 Å². The number of aromatic nitrogens is 1. The van der Waals surface area contributed by atoms with Crippen molar-refractivity contribution in [2.24, 2.45) is 5.73 Å². The van der Waals surface area contributed by atoms with Gasteiger partial charge in [-0.15, -0.1) is 11.3 Å². The summed E-state index contributed by atoms with van der Waals surface area (Å²) in [6.45, 7) is 5.04. The van der Waals surface area contributed by atoms with Gasteiger partial charge in [-0.2, -0.15) is 0 Å². The molecule has 1 aromatic heterocycles. The number of ether oxygens (including phenoxy) is 2. The molecule has 0 bridgehead atoms. The van der Waals surface area contributed by atoms with Gasteiger partial charge in [0.15, 0.2) is 5.13 Å². The monoisotopic (exact) mass is 427 g/mol. The Morgan fingerprint density at radius 1 is 1.17 bits per heavy atom. The maximum Gasteiger partial charge on any atom is 0.187 e. The smallest absolute Gasteiger partial charge is 0.187 e. The molecule has 0 fully saturated rings. The lowest BCUT2D eigenvalue weighted by atomic mass is 9.96. The number of hydrogen-bond acceptors (Lipinski definition) is 7. The Morgan fingerprint density at radius 2 is 1.97 bits per heavy atom. The largest absolute Gasteiger partial charge is 0.490 e. The first kappa shape index (κ1) is 22.2. The van der Waals surface area contributed by atoms with Gasteiger partial charge in [-0.1, -0.05) is 24.3 Å². The van der Waals surface area contributed by atoms with Crippen LogP contribution >= 0.6 is 11.3 Å². The van der Waals surface area contributed by atoms with Gasteiger partial charge in [0.2, 0.25) is 0 Å². The molecule has 0 saturated carbocycles. The third kappa shape index (κ3) is 5.37. The average Bonchev–Trinajstić information content (AvgIpc) is 3.19. The number of anilines is 2. The van der Waals surface area contributed by atoms with Crippen LogP contribution in [0.3, 0.4) is 0 Å². The summed E-state index contributed by atoms with van der Waals surface area (Å²) in [7, 11) is 1.59. The molecular formula is C23H29N3O3S. The number of thiazole rings is 1. The summed E-state index contributed by atoms with van der Waals surface area (Å²) in [5.74, 6) is 0.747. The first-order chi connectivity index (χ1) is 14.5. The first-order valence-corrected chi connectivity index (χ1v) is 10.8. The van der Waals surface area contributed by atoms with Gasteiger partial charge >= 0.3 is 0 Å². The van der Waals surface area contributed by atoms with Gasteiger partial charge < -0.3 is 25.6 Å². The minimum atomic E-state index is -0.254. The predicted octanol–water partition coefficient (Wildman–Crippen LogP) is 4.06. The number of hydrogen-bond donors (Lipinski definition) is 3. The second-order valence-corrected chi connectivity index (χ2v) is 7.99. The summed E-state index contributed by atoms with van der Waals surface area (Å²) in [6, 6.07) is 12.5. The Morgan fingerprint density at radius 3 is 2.67 bits per heavy atom. The van der Waals surface area contributed by atoms with Gasteiger partial charge in [0, 0.05) is 25.5 Å². The van der Waals surface area contributed by atoms with E-state index in [1.54, 1.807) is 7.11 Å². The molecule has 7 heteroatoms. The highest BCUT2D eigenvalue weighted by Gasteiger charge is 2.15. The SMILES string of the molecule is COC(CO)Cc1csc(Nc2cc(-c3ccccc3C)c(C)cc2OCCN)n1. The summed E-state index contributed by atoms with van der Waals surface area (Å²) in [5, 5.41) is 15.5. The summed E-state index contributed by atoms with van der Waals surface area (Å²) >= 11 is 1.51. The van der Waals surface area contributed by atoms with E-state index < -0.39 is 0 Å². The molecule has 3 aromatic rings. The second kappa shape index (κ2) is 10.5. The van der Waals surface area contributed by atoms with Crippen molar-refractivity contribution in [2.75, 3.05) is 32.2 Å². The van der Waals surface area contributed by atoms with Crippen LogP contribution in [0.5, 0.6) is 5.75 Å². The van der Waals surface area contributed by atoms with Crippen LogP contribution < -0.4 is 15.8 Å². The molecule has 0 amide bonds. The van der Waals surface area contributed by atoms with Crippen LogP contribution in [0.1, 0.15) is 16.8 Å². The van der Waals surface area contributed by atoms with Gasteiger partial charge in [-0.25, -0.2) is 4.98 Å². The molecule has 30 heavy (non-hydrogen) atoms. The van der Waals surface area contributed by atoms with Gasteiger partial charge in [0.25, 0.3) is 0 Å². The van der Waals surface area contributed by atoms with Crippen LogP contribution in [-0.4, -0.2) is 43.1 Å². The molecule has 6 nitrogen and oxygen atoms in total. The molecule has 1 heterocycles. The first-order valence-electron chi connectivity index (χ1n) is 9.94. The molecule has 0 spiro atoms. The molecular weight excluding hydrogens is 398 g/mol. The van der Waals surface area contributed by atoms with E-state index in [0.717, 1.165) is 33.4 Å². The Kier molecular flexibility index (Phi) is 7.81. The van der Waals surface area contributed by atoms with E-state index >= 15 is 0 Å².